The molecule has 4 nitrogen and oxygen atoms in total. The molecule has 0 aromatic rings. The lowest BCUT2D eigenvalue weighted by molar-refractivity contribution is -0.125. The number of hydrogen-bond donors (Lipinski definition) is 2. The number of aliphatic hydroxyl groups is 1. The Labute approximate surface area is 132 Å². The zero-order valence-corrected chi connectivity index (χ0v) is 14.0. The number of hydrogen-bond acceptors (Lipinski definition) is 3. The molecule has 0 spiro atoms. The molecule has 2 N–H and O–H groups in total. The van der Waals surface area contributed by atoms with Crippen LogP contribution in [0.2, 0.25) is 0 Å². The van der Waals surface area contributed by atoms with Crippen LogP contribution in [0.15, 0.2) is 12.7 Å². The minimum Gasteiger partial charge on any atom is -0.390 e. The van der Waals surface area contributed by atoms with Gasteiger partial charge in [0.2, 0.25) is 5.91 Å². The van der Waals surface area contributed by atoms with Crippen molar-refractivity contribution >= 4 is 29.3 Å². The third-order valence-electron chi connectivity index (χ3n) is 3.38. The largest absolute Gasteiger partial charge is 0.390 e. The standard InChI is InChI=1S/C14H26Cl2N2O2/c1-5-6-7-10(2)8-12(13(19)9-15)17-14(20)11(3)18(4)16/h5,10-13,19H,1,6-9H2,2-4H3,(H,17,20)/t10-,11+,12+,13-/m1/s1. The van der Waals surface area contributed by atoms with Gasteiger partial charge in [0, 0.05) is 7.05 Å². The predicted octanol–water partition coefficient (Wildman–Crippen LogP) is 2.54. The monoisotopic (exact) mass is 324 g/mol. The van der Waals surface area contributed by atoms with Gasteiger partial charge >= 0.3 is 0 Å². The van der Waals surface area contributed by atoms with Gasteiger partial charge in [-0.15, -0.1) is 18.2 Å². The van der Waals surface area contributed by atoms with Gasteiger partial charge in [-0.2, -0.15) is 0 Å². The first-order chi connectivity index (χ1) is 9.33. The Hall–Kier alpha value is -0.290. The maximum atomic E-state index is 12.0. The van der Waals surface area contributed by atoms with E-state index >= 15 is 0 Å². The van der Waals surface area contributed by atoms with E-state index in [0.29, 0.717) is 12.3 Å². The first kappa shape index (κ1) is 19.7. The van der Waals surface area contributed by atoms with E-state index in [4.69, 9.17) is 23.4 Å². The summed E-state index contributed by atoms with van der Waals surface area (Å²) in [4.78, 5) is 12.0. The van der Waals surface area contributed by atoms with E-state index in [2.05, 4.69) is 18.8 Å². The molecule has 1 amide bonds. The maximum Gasteiger partial charge on any atom is 0.238 e. The van der Waals surface area contributed by atoms with Gasteiger partial charge in [-0.25, -0.2) is 4.42 Å². The normalized spacial score (nSPS) is 17.4. The number of nitrogens with one attached hydrogen (secondary N) is 1. The molecule has 0 aromatic heterocycles. The number of aliphatic hydroxyl groups excluding tert-OH is 1. The average molecular weight is 325 g/mol. The minimum absolute atomic E-state index is 0.0875. The van der Waals surface area contributed by atoms with Crippen molar-refractivity contribution in [2.24, 2.45) is 5.92 Å². The molecule has 0 rings (SSSR count). The number of likely N-dealkylation sites (N-methyl/N-ethyl adjacent to an activating group) is 1. The molecule has 0 aliphatic carbocycles. The third-order valence-corrected chi connectivity index (χ3v) is 3.99. The Morgan fingerprint density at radius 3 is 2.55 bits per heavy atom. The van der Waals surface area contributed by atoms with Crippen LogP contribution in [0.1, 0.15) is 33.1 Å². The summed E-state index contributed by atoms with van der Waals surface area (Å²) in [5, 5.41) is 12.8. The Bertz CT molecular complexity index is 301. The molecule has 0 heterocycles. The second-order valence-corrected chi connectivity index (χ2v) is 6.09. The van der Waals surface area contributed by atoms with Crippen LogP contribution in [0.4, 0.5) is 0 Å². The van der Waals surface area contributed by atoms with Crippen LogP contribution in [0, 0.1) is 5.92 Å². The van der Waals surface area contributed by atoms with E-state index in [1.807, 2.05) is 6.08 Å². The molecule has 0 saturated heterocycles. The number of rotatable bonds is 10. The predicted molar refractivity (Wildman–Crippen MR) is 84.9 cm³/mol. The summed E-state index contributed by atoms with van der Waals surface area (Å²) < 4.78 is 1.31. The smallest absolute Gasteiger partial charge is 0.238 e. The van der Waals surface area contributed by atoms with Gasteiger partial charge in [-0.05, 0) is 43.9 Å². The fraction of sp³-hybridized carbons (Fsp3) is 0.786. The lowest BCUT2D eigenvalue weighted by Crippen LogP contribution is -2.50. The molecule has 4 atom stereocenters. The number of nitrogens with zero attached hydrogens (tertiary/aromatic N) is 1. The summed E-state index contributed by atoms with van der Waals surface area (Å²) in [5.74, 6) is 0.234. The van der Waals surface area contributed by atoms with Gasteiger partial charge in [0.05, 0.1) is 18.0 Å². The number of halogens is 2. The summed E-state index contributed by atoms with van der Waals surface area (Å²) in [6.45, 7) is 7.48. The summed E-state index contributed by atoms with van der Waals surface area (Å²) in [7, 11) is 1.62. The quantitative estimate of drug-likeness (QED) is 0.369. The Morgan fingerprint density at radius 2 is 2.10 bits per heavy atom. The number of carbonyl (C=O) groups excluding carboxylic acids is 1. The van der Waals surface area contributed by atoms with Crippen molar-refractivity contribution in [1.29, 1.82) is 0 Å². The lowest BCUT2D eigenvalue weighted by Gasteiger charge is -2.27. The van der Waals surface area contributed by atoms with Crippen molar-refractivity contribution in [2.45, 2.75) is 51.3 Å². The second-order valence-electron chi connectivity index (χ2n) is 5.24. The molecule has 0 radical (unpaired) electrons. The van der Waals surface area contributed by atoms with Crippen LogP contribution in [0.25, 0.3) is 0 Å². The molecular weight excluding hydrogens is 299 g/mol. The molecule has 0 bridgehead atoms. The highest BCUT2D eigenvalue weighted by molar-refractivity contribution is 6.18. The Morgan fingerprint density at radius 1 is 1.50 bits per heavy atom. The van der Waals surface area contributed by atoms with Gasteiger partial charge < -0.3 is 10.4 Å². The number of alkyl halides is 1. The van der Waals surface area contributed by atoms with E-state index in [9.17, 15) is 9.90 Å². The van der Waals surface area contributed by atoms with Crippen molar-refractivity contribution < 1.29 is 9.90 Å². The SMILES string of the molecule is C=CCC[C@@H](C)C[C@H](NC(=O)[C@H](C)N(C)Cl)[C@H](O)CCl. The highest BCUT2D eigenvalue weighted by atomic mass is 35.5. The molecule has 0 saturated carbocycles. The van der Waals surface area contributed by atoms with Crippen LogP contribution in [0.3, 0.4) is 0 Å². The fourth-order valence-corrected chi connectivity index (χ4v) is 2.14. The van der Waals surface area contributed by atoms with Gasteiger partial charge in [0.1, 0.15) is 6.04 Å². The molecule has 0 fully saturated rings. The summed E-state index contributed by atoms with van der Waals surface area (Å²) in [5.41, 5.74) is 0. The summed E-state index contributed by atoms with van der Waals surface area (Å²) >= 11 is 11.5. The van der Waals surface area contributed by atoms with E-state index in [1.54, 1.807) is 14.0 Å². The first-order valence-corrected chi connectivity index (χ1v) is 7.74. The van der Waals surface area contributed by atoms with Crippen molar-refractivity contribution in [2.75, 3.05) is 12.9 Å². The molecule has 6 heteroatoms. The Kier molecular flexibility index (Phi) is 10.3. The van der Waals surface area contributed by atoms with Crippen molar-refractivity contribution in [3.8, 4) is 0 Å². The van der Waals surface area contributed by atoms with Gasteiger partial charge in [-0.1, -0.05) is 13.0 Å². The van der Waals surface area contributed by atoms with Crippen molar-refractivity contribution in [1.82, 2.24) is 9.74 Å². The van der Waals surface area contributed by atoms with Crippen LogP contribution in [0.5, 0.6) is 0 Å². The molecule has 20 heavy (non-hydrogen) atoms. The number of carbonyl (C=O) groups is 1. The number of amides is 1. The Balaban J connectivity index is 4.56. The van der Waals surface area contributed by atoms with Crippen molar-refractivity contribution in [3.05, 3.63) is 12.7 Å². The molecule has 0 aromatic carbocycles. The zero-order chi connectivity index (χ0) is 15.7. The molecular formula is C14H26Cl2N2O2. The molecule has 0 aliphatic heterocycles. The number of allylic oxidation sites excluding steroid dienone is 1. The highest BCUT2D eigenvalue weighted by Gasteiger charge is 2.26. The van der Waals surface area contributed by atoms with Crippen LogP contribution >= 0.6 is 23.4 Å². The second kappa shape index (κ2) is 10.4. The van der Waals surface area contributed by atoms with E-state index < -0.39 is 12.1 Å². The van der Waals surface area contributed by atoms with Gasteiger partial charge in [0.15, 0.2) is 0 Å². The summed E-state index contributed by atoms with van der Waals surface area (Å²) in [6.07, 6.45) is 3.66. The van der Waals surface area contributed by atoms with Gasteiger partial charge in [-0.3, -0.25) is 4.79 Å². The van der Waals surface area contributed by atoms with Crippen LogP contribution < -0.4 is 5.32 Å². The molecule has 0 unspecified atom stereocenters. The van der Waals surface area contributed by atoms with Crippen LogP contribution in [-0.4, -0.2) is 46.5 Å². The minimum atomic E-state index is -0.764. The first-order valence-electron chi connectivity index (χ1n) is 6.87. The van der Waals surface area contributed by atoms with E-state index in [-0.39, 0.29) is 17.8 Å². The van der Waals surface area contributed by atoms with Crippen LogP contribution in [-0.2, 0) is 4.79 Å². The van der Waals surface area contributed by atoms with Crippen molar-refractivity contribution in [3.63, 3.8) is 0 Å². The maximum absolute atomic E-state index is 12.0. The van der Waals surface area contributed by atoms with Gasteiger partial charge in [0.25, 0.3) is 0 Å². The van der Waals surface area contributed by atoms with E-state index in [1.165, 1.54) is 4.42 Å². The lowest BCUT2D eigenvalue weighted by atomic mass is 9.94. The molecule has 118 valence electrons. The van der Waals surface area contributed by atoms with E-state index in [0.717, 1.165) is 12.8 Å². The zero-order valence-electron chi connectivity index (χ0n) is 12.5. The highest BCUT2D eigenvalue weighted by Crippen LogP contribution is 2.16. The average Bonchev–Trinajstić information content (AvgIpc) is 2.42. The third kappa shape index (κ3) is 7.48. The fourth-order valence-electron chi connectivity index (χ4n) is 1.84. The topological polar surface area (TPSA) is 52.6 Å². The molecule has 0 aliphatic rings. The summed E-state index contributed by atoms with van der Waals surface area (Å²) in [6, 6.07) is -0.830.